The minimum absolute atomic E-state index is 0.0246. The molecule has 1 rings (SSSR count). The third-order valence-corrected chi connectivity index (χ3v) is 4.70. The molecule has 1 N–H and O–H groups in total. The van der Waals surface area contributed by atoms with E-state index in [0.717, 1.165) is 13.0 Å². The van der Waals surface area contributed by atoms with E-state index in [2.05, 4.69) is 46.9 Å². The molecule has 0 bridgehead atoms. The van der Waals surface area contributed by atoms with Gasteiger partial charge in [-0.05, 0) is 46.1 Å². The lowest BCUT2D eigenvalue weighted by Crippen LogP contribution is -2.63. The van der Waals surface area contributed by atoms with Crippen molar-refractivity contribution in [2.24, 2.45) is 5.41 Å². The van der Waals surface area contributed by atoms with Crippen molar-refractivity contribution in [3.8, 4) is 0 Å². The van der Waals surface area contributed by atoms with E-state index in [0.29, 0.717) is 17.6 Å². The quantitative estimate of drug-likeness (QED) is 0.733. The van der Waals surface area contributed by atoms with E-state index >= 15 is 0 Å². The molecule has 2 nitrogen and oxygen atoms in total. The maximum Gasteiger partial charge on any atom is 0.0665 e. The molecule has 1 fully saturated rings. The van der Waals surface area contributed by atoms with Gasteiger partial charge in [-0.15, -0.1) is 0 Å². The highest BCUT2D eigenvalue weighted by Crippen LogP contribution is 2.47. The van der Waals surface area contributed by atoms with Crippen LogP contribution in [0.3, 0.4) is 0 Å². The molecule has 0 spiro atoms. The number of nitrogens with one attached hydrogen (secondary N) is 1. The zero-order valence-electron chi connectivity index (χ0n) is 12.6. The van der Waals surface area contributed by atoms with Crippen molar-refractivity contribution in [1.29, 1.82) is 0 Å². The zero-order chi connectivity index (χ0) is 13.1. The van der Waals surface area contributed by atoms with E-state index < -0.39 is 0 Å². The van der Waals surface area contributed by atoms with Gasteiger partial charge >= 0.3 is 0 Å². The summed E-state index contributed by atoms with van der Waals surface area (Å²) in [5.74, 6) is 0. The minimum Gasteiger partial charge on any atom is -0.372 e. The standard InChI is InChI=1S/C15H31NO/c1-7-10-16-12-11-13(15(12,6)9-3)17-14(4,5)8-2/h12-13,16H,7-11H2,1-6H3. The lowest BCUT2D eigenvalue weighted by atomic mass is 9.61. The highest BCUT2D eigenvalue weighted by molar-refractivity contribution is 5.05. The molecule has 0 radical (unpaired) electrons. The van der Waals surface area contributed by atoms with Gasteiger partial charge in [-0.1, -0.05) is 27.7 Å². The van der Waals surface area contributed by atoms with Crippen molar-refractivity contribution in [3.63, 3.8) is 0 Å². The summed E-state index contributed by atoms with van der Waals surface area (Å²) >= 11 is 0. The largest absolute Gasteiger partial charge is 0.372 e. The van der Waals surface area contributed by atoms with Gasteiger partial charge in [-0.2, -0.15) is 0 Å². The average molecular weight is 241 g/mol. The molecule has 102 valence electrons. The van der Waals surface area contributed by atoms with Gasteiger partial charge in [-0.3, -0.25) is 0 Å². The van der Waals surface area contributed by atoms with Crippen molar-refractivity contribution in [1.82, 2.24) is 5.32 Å². The van der Waals surface area contributed by atoms with E-state index in [9.17, 15) is 0 Å². The first-order chi connectivity index (χ1) is 7.89. The number of ether oxygens (including phenoxy) is 1. The fraction of sp³-hybridized carbons (Fsp3) is 1.00. The van der Waals surface area contributed by atoms with Crippen LogP contribution in [0.1, 0.15) is 67.2 Å². The molecule has 3 atom stereocenters. The third-order valence-electron chi connectivity index (χ3n) is 4.70. The highest BCUT2D eigenvalue weighted by Gasteiger charge is 2.52. The Balaban J connectivity index is 2.54. The fourth-order valence-electron chi connectivity index (χ4n) is 2.58. The first kappa shape index (κ1) is 15.0. The minimum atomic E-state index is 0.0246. The van der Waals surface area contributed by atoms with Crippen LogP contribution in [0.5, 0.6) is 0 Å². The predicted molar refractivity (Wildman–Crippen MR) is 74.3 cm³/mol. The Kier molecular flexibility index (Phi) is 5.03. The maximum absolute atomic E-state index is 6.30. The van der Waals surface area contributed by atoms with Crippen LogP contribution in [-0.4, -0.2) is 24.3 Å². The van der Waals surface area contributed by atoms with Crippen LogP contribution in [0.4, 0.5) is 0 Å². The van der Waals surface area contributed by atoms with Crippen molar-refractivity contribution < 1.29 is 4.74 Å². The Hall–Kier alpha value is -0.0800. The molecule has 1 aliphatic rings. The summed E-state index contributed by atoms with van der Waals surface area (Å²) in [6, 6.07) is 0.644. The summed E-state index contributed by atoms with van der Waals surface area (Å²) in [6.07, 6.45) is 5.09. The van der Waals surface area contributed by atoms with Crippen molar-refractivity contribution in [2.45, 2.75) is 85.0 Å². The van der Waals surface area contributed by atoms with Gasteiger partial charge in [0.2, 0.25) is 0 Å². The lowest BCUT2D eigenvalue weighted by molar-refractivity contribution is -0.187. The summed E-state index contributed by atoms with van der Waals surface area (Å²) in [4.78, 5) is 0. The molecule has 3 unspecified atom stereocenters. The van der Waals surface area contributed by atoms with Crippen LogP contribution in [0.15, 0.2) is 0 Å². The van der Waals surface area contributed by atoms with Gasteiger partial charge in [0.05, 0.1) is 11.7 Å². The Morgan fingerprint density at radius 2 is 1.94 bits per heavy atom. The van der Waals surface area contributed by atoms with E-state index in [4.69, 9.17) is 4.74 Å². The molecule has 17 heavy (non-hydrogen) atoms. The second kappa shape index (κ2) is 5.71. The zero-order valence-corrected chi connectivity index (χ0v) is 12.6. The first-order valence-corrected chi connectivity index (χ1v) is 7.30. The van der Waals surface area contributed by atoms with E-state index in [1.165, 1.54) is 19.3 Å². The van der Waals surface area contributed by atoms with Crippen LogP contribution in [0, 0.1) is 5.41 Å². The molecule has 2 heteroatoms. The highest BCUT2D eigenvalue weighted by atomic mass is 16.5. The fourth-order valence-corrected chi connectivity index (χ4v) is 2.58. The van der Waals surface area contributed by atoms with Crippen molar-refractivity contribution in [2.75, 3.05) is 6.54 Å². The SMILES string of the molecule is CCCNC1CC(OC(C)(C)CC)C1(C)CC. The van der Waals surface area contributed by atoms with Crippen molar-refractivity contribution >= 4 is 0 Å². The second-order valence-corrected chi connectivity index (χ2v) is 6.32. The Morgan fingerprint density at radius 1 is 1.29 bits per heavy atom. The molecule has 0 aromatic heterocycles. The molecule has 1 aliphatic carbocycles. The maximum atomic E-state index is 6.30. The smallest absolute Gasteiger partial charge is 0.0665 e. The van der Waals surface area contributed by atoms with Gasteiger partial charge in [0.25, 0.3) is 0 Å². The Bertz CT molecular complexity index is 239. The van der Waals surface area contributed by atoms with Gasteiger partial charge in [-0.25, -0.2) is 0 Å². The molecular weight excluding hydrogens is 210 g/mol. The summed E-state index contributed by atoms with van der Waals surface area (Å²) in [5, 5.41) is 3.66. The van der Waals surface area contributed by atoms with Crippen molar-refractivity contribution in [3.05, 3.63) is 0 Å². The molecule has 0 aromatic carbocycles. The normalized spacial score (nSPS) is 33.5. The Morgan fingerprint density at radius 3 is 2.41 bits per heavy atom. The summed E-state index contributed by atoms with van der Waals surface area (Å²) < 4.78 is 6.30. The summed E-state index contributed by atoms with van der Waals surface area (Å²) in [5.41, 5.74) is 0.346. The van der Waals surface area contributed by atoms with Crippen LogP contribution >= 0.6 is 0 Å². The van der Waals surface area contributed by atoms with Crippen LogP contribution in [0.2, 0.25) is 0 Å². The Labute approximate surface area is 108 Å². The first-order valence-electron chi connectivity index (χ1n) is 7.30. The summed E-state index contributed by atoms with van der Waals surface area (Å²) in [6.45, 7) is 14.6. The van der Waals surface area contributed by atoms with E-state index in [1.807, 2.05) is 0 Å². The van der Waals surface area contributed by atoms with Gasteiger partial charge in [0, 0.05) is 11.5 Å². The van der Waals surface area contributed by atoms with E-state index in [1.54, 1.807) is 0 Å². The third kappa shape index (κ3) is 3.23. The number of rotatable bonds is 7. The monoisotopic (exact) mass is 241 g/mol. The number of hydrogen-bond acceptors (Lipinski definition) is 2. The molecular formula is C15H31NO. The topological polar surface area (TPSA) is 21.3 Å². The van der Waals surface area contributed by atoms with Gasteiger partial charge in [0.15, 0.2) is 0 Å². The molecule has 0 amide bonds. The molecule has 0 heterocycles. The molecule has 0 aliphatic heterocycles. The van der Waals surface area contributed by atoms with E-state index in [-0.39, 0.29) is 5.60 Å². The average Bonchev–Trinajstić information content (AvgIpc) is 2.31. The van der Waals surface area contributed by atoms with Gasteiger partial charge < -0.3 is 10.1 Å². The van der Waals surface area contributed by atoms with Gasteiger partial charge in [0.1, 0.15) is 0 Å². The second-order valence-electron chi connectivity index (χ2n) is 6.32. The van der Waals surface area contributed by atoms with Crippen LogP contribution in [-0.2, 0) is 4.74 Å². The molecule has 0 aromatic rings. The lowest BCUT2D eigenvalue weighted by Gasteiger charge is -2.55. The van der Waals surface area contributed by atoms with Crippen LogP contribution < -0.4 is 5.32 Å². The number of hydrogen-bond donors (Lipinski definition) is 1. The van der Waals surface area contributed by atoms with Crippen LogP contribution in [0.25, 0.3) is 0 Å². The molecule has 1 saturated carbocycles. The predicted octanol–water partition coefficient (Wildman–Crippen LogP) is 3.75. The summed E-state index contributed by atoms with van der Waals surface area (Å²) in [7, 11) is 0. The molecule has 0 saturated heterocycles.